The second kappa shape index (κ2) is 9.04. The number of rotatable bonds is 7. The standard InChI is InChI=1S/C20H25ClFNO3S/c1-13(23-27(24)20(2,3)4)17-10-14(22)11-19(21)18(17)12-26-16-8-6-15(25-5)7-9-16/h6-11,13,23H,12H2,1-5H3/t13-,27+/m0/s1. The van der Waals surface area contributed by atoms with Crippen molar-refractivity contribution >= 4 is 22.6 Å². The predicted molar refractivity (Wildman–Crippen MR) is 108 cm³/mol. The average Bonchev–Trinajstić information content (AvgIpc) is 2.60. The van der Waals surface area contributed by atoms with Crippen molar-refractivity contribution in [1.82, 2.24) is 4.72 Å². The fraction of sp³-hybridized carbons (Fsp3) is 0.400. The van der Waals surface area contributed by atoms with E-state index in [0.29, 0.717) is 16.9 Å². The quantitative estimate of drug-likeness (QED) is 0.680. The second-order valence-electron chi connectivity index (χ2n) is 7.14. The van der Waals surface area contributed by atoms with Gasteiger partial charge in [-0.15, -0.1) is 0 Å². The third kappa shape index (κ3) is 5.92. The number of hydrogen-bond donors (Lipinski definition) is 1. The zero-order valence-corrected chi connectivity index (χ0v) is 17.7. The second-order valence-corrected chi connectivity index (χ2v) is 9.55. The van der Waals surface area contributed by atoms with Gasteiger partial charge in [0.15, 0.2) is 0 Å². The highest BCUT2D eigenvalue weighted by Crippen LogP contribution is 2.29. The normalized spacial score (nSPS) is 13.9. The van der Waals surface area contributed by atoms with Crippen molar-refractivity contribution in [2.45, 2.75) is 45.1 Å². The molecule has 1 N–H and O–H groups in total. The topological polar surface area (TPSA) is 47.6 Å². The Balaban J connectivity index is 2.23. The molecule has 0 saturated carbocycles. The van der Waals surface area contributed by atoms with Crippen molar-refractivity contribution < 1.29 is 18.1 Å². The zero-order valence-electron chi connectivity index (χ0n) is 16.1. The molecule has 0 bridgehead atoms. The summed E-state index contributed by atoms with van der Waals surface area (Å²) in [5, 5.41) is 0.272. The molecule has 0 unspecified atom stereocenters. The molecular weight excluding hydrogens is 389 g/mol. The minimum absolute atomic E-state index is 0.162. The van der Waals surface area contributed by atoms with Crippen LogP contribution in [0.25, 0.3) is 0 Å². The summed E-state index contributed by atoms with van der Waals surface area (Å²) in [5.41, 5.74) is 1.27. The zero-order chi connectivity index (χ0) is 20.2. The largest absolute Gasteiger partial charge is 0.497 e. The van der Waals surface area contributed by atoms with Crippen molar-refractivity contribution in [2.75, 3.05) is 7.11 Å². The third-order valence-corrected chi connectivity index (χ3v) is 5.96. The van der Waals surface area contributed by atoms with Crippen LogP contribution in [0.1, 0.15) is 44.9 Å². The Hall–Kier alpha value is -1.63. The van der Waals surface area contributed by atoms with Gasteiger partial charge < -0.3 is 9.47 Å². The highest BCUT2D eigenvalue weighted by atomic mass is 35.5. The van der Waals surface area contributed by atoms with E-state index in [0.717, 1.165) is 5.75 Å². The number of ether oxygens (including phenoxy) is 2. The highest BCUT2D eigenvalue weighted by molar-refractivity contribution is 7.84. The molecule has 27 heavy (non-hydrogen) atoms. The van der Waals surface area contributed by atoms with Crippen LogP contribution in [0.4, 0.5) is 4.39 Å². The van der Waals surface area contributed by atoms with E-state index >= 15 is 0 Å². The molecule has 2 rings (SSSR count). The molecule has 2 aromatic rings. The summed E-state index contributed by atoms with van der Waals surface area (Å²) in [5.74, 6) is 0.921. The first kappa shape index (κ1) is 21.7. The Labute approximate surface area is 167 Å². The first-order chi connectivity index (χ1) is 12.6. The van der Waals surface area contributed by atoms with Crippen molar-refractivity contribution in [3.63, 3.8) is 0 Å². The van der Waals surface area contributed by atoms with E-state index in [1.807, 2.05) is 27.7 Å². The van der Waals surface area contributed by atoms with Crippen LogP contribution in [0.3, 0.4) is 0 Å². The molecule has 0 fully saturated rings. The molecule has 7 heteroatoms. The Morgan fingerprint density at radius 2 is 1.78 bits per heavy atom. The van der Waals surface area contributed by atoms with Crippen LogP contribution in [0.2, 0.25) is 5.02 Å². The van der Waals surface area contributed by atoms with Gasteiger partial charge in [-0.1, -0.05) is 11.6 Å². The van der Waals surface area contributed by atoms with Crippen molar-refractivity contribution in [1.29, 1.82) is 0 Å². The van der Waals surface area contributed by atoms with Gasteiger partial charge >= 0.3 is 0 Å². The van der Waals surface area contributed by atoms with Crippen LogP contribution in [-0.2, 0) is 17.6 Å². The molecule has 0 aromatic heterocycles. The summed E-state index contributed by atoms with van der Waals surface area (Å²) in [7, 11) is 0.290. The fourth-order valence-corrected chi connectivity index (χ4v) is 3.46. The van der Waals surface area contributed by atoms with Gasteiger partial charge in [0.2, 0.25) is 0 Å². The Kier molecular flexibility index (Phi) is 7.25. The number of methoxy groups -OCH3 is 1. The average molecular weight is 414 g/mol. The molecular formula is C20H25ClFNO3S. The molecule has 0 aliphatic heterocycles. The molecule has 0 aliphatic carbocycles. The lowest BCUT2D eigenvalue weighted by molar-refractivity contribution is 0.303. The SMILES string of the molecule is COc1ccc(OCc2c(Cl)cc(F)cc2[C@H](C)N[S@](=O)C(C)(C)C)cc1. The first-order valence-electron chi connectivity index (χ1n) is 8.54. The van der Waals surface area contributed by atoms with Crippen molar-refractivity contribution in [3.05, 3.63) is 58.4 Å². The molecule has 0 radical (unpaired) electrons. The molecule has 0 saturated heterocycles. The number of halogens is 2. The summed E-state index contributed by atoms with van der Waals surface area (Å²) in [6.07, 6.45) is 0. The van der Waals surface area contributed by atoms with Gasteiger partial charge in [-0.05, 0) is 69.7 Å². The Morgan fingerprint density at radius 1 is 1.19 bits per heavy atom. The maximum Gasteiger partial charge on any atom is 0.125 e. The van der Waals surface area contributed by atoms with E-state index < -0.39 is 21.5 Å². The molecule has 2 aromatic carbocycles. The van der Waals surface area contributed by atoms with Crippen molar-refractivity contribution in [3.8, 4) is 11.5 Å². The summed E-state index contributed by atoms with van der Waals surface area (Å²) in [6.45, 7) is 7.60. The van der Waals surface area contributed by atoms with Crippen LogP contribution < -0.4 is 14.2 Å². The summed E-state index contributed by atoms with van der Waals surface area (Å²) in [4.78, 5) is 0. The Bertz CT molecular complexity index is 806. The molecule has 0 heterocycles. The monoisotopic (exact) mass is 413 g/mol. The minimum Gasteiger partial charge on any atom is -0.497 e. The lowest BCUT2D eigenvalue weighted by atomic mass is 10.0. The molecule has 2 atom stereocenters. The third-order valence-electron chi connectivity index (χ3n) is 3.94. The van der Waals surface area contributed by atoms with Gasteiger partial charge in [0.1, 0.15) is 23.9 Å². The van der Waals surface area contributed by atoms with Gasteiger partial charge in [0, 0.05) is 11.6 Å². The highest BCUT2D eigenvalue weighted by Gasteiger charge is 2.24. The van der Waals surface area contributed by atoms with E-state index in [4.69, 9.17) is 21.1 Å². The smallest absolute Gasteiger partial charge is 0.125 e. The number of hydrogen-bond acceptors (Lipinski definition) is 3. The van der Waals surface area contributed by atoms with Gasteiger partial charge in [0.05, 0.1) is 27.9 Å². The van der Waals surface area contributed by atoms with Crippen LogP contribution >= 0.6 is 11.6 Å². The van der Waals surface area contributed by atoms with Crippen LogP contribution in [0.15, 0.2) is 36.4 Å². The molecule has 0 spiro atoms. The van der Waals surface area contributed by atoms with Crippen LogP contribution in [0, 0.1) is 5.82 Å². The fourth-order valence-electron chi connectivity index (χ4n) is 2.39. The van der Waals surface area contributed by atoms with Gasteiger partial charge in [0.25, 0.3) is 0 Å². The maximum atomic E-state index is 13.9. The number of nitrogens with one attached hydrogen (secondary N) is 1. The van der Waals surface area contributed by atoms with Gasteiger partial charge in [-0.2, -0.15) is 0 Å². The van der Waals surface area contributed by atoms with E-state index in [2.05, 4.69) is 4.72 Å². The summed E-state index contributed by atoms with van der Waals surface area (Å²) < 4.78 is 39.9. The number of benzene rings is 2. The molecule has 0 amide bonds. The lowest BCUT2D eigenvalue weighted by Gasteiger charge is -2.24. The van der Waals surface area contributed by atoms with Gasteiger partial charge in [-0.3, -0.25) is 0 Å². The van der Waals surface area contributed by atoms with E-state index in [1.165, 1.54) is 12.1 Å². The van der Waals surface area contributed by atoms with E-state index in [-0.39, 0.29) is 17.7 Å². The van der Waals surface area contributed by atoms with E-state index in [1.54, 1.807) is 31.4 Å². The molecule has 0 aliphatic rings. The van der Waals surface area contributed by atoms with Crippen LogP contribution in [0.5, 0.6) is 11.5 Å². The van der Waals surface area contributed by atoms with Crippen molar-refractivity contribution in [2.24, 2.45) is 0 Å². The lowest BCUT2D eigenvalue weighted by Crippen LogP contribution is -2.35. The predicted octanol–water partition coefficient (Wildman–Crippen LogP) is 5.18. The first-order valence-corrected chi connectivity index (χ1v) is 10.1. The molecule has 148 valence electrons. The maximum absolute atomic E-state index is 13.9. The minimum atomic E-state index is -1.30. The molecule has 4 nitrogen and oxygen atoms in total. The summed E-state index contributed by atoms with van der Waals surface area (Å²) >= 11 is 6.28. The summed E-state index contributed by atoms with van der Waals surface area (Å²) in [6, 6.07) is 9.44. The van der Waals surface area contributed by atoms with Gasteiger partial charge in [-0.25, -0.2) is 13.3 Å². The van der Waals surface area contributed by atoms with Crippen LogP contribution in [-0.4, -0.2) is 16.1 Å². The van der Waals surface area contributed by atoms with E-state index in [9.17, 15) is 8.60 Å². The Morgan fingerprint density at radius 3 is 2.33 bits per heavy atom.